The molecule has 3 nitrogen and oxygen atoms in total. The second kappa shape index (κ2) is 11.3. The maximum absolute atomic E-state index is 6.56. The molecule has 0 radical (unpaired) electrons. The predicted molar refractivity (Wildman–Crippen MR) is 196 cm³/mol. The third-order valence-electron chi connectivity index (χ3n) is 10.4. The Bertz CT molecular complexity index is 2160. The Morgan fingerprint density at radius 3 is 1.72 bits per heavy atom. The number of hydrogen-bond acceptors (Lipinski definition) is 3. The molecule has 0 N–H and O–H groups in total. The fourth-order valence-corrected chi connectivity index (χ4v) is 6.94. The highest BCUT2D eigenvalue weighted by molar-refractivity contribution is 6.09. The van der Waals surface area contributed by atoms with Gasteiger partial charge in [-0.3, -0.25) is 0 Å². The van der Waals surface area contributed by atoms with E-state index in [2.05, 4.69) is 166 Å². The van der Waals surface area contributed by atoms with Gasteiger partial charge in [0.05, 0.1) is 11.7 Å². The molecule has 1 atom stereocenters. The van der Waals surface area contributed by atoms with E-state index >= 15 is 0 Å². The highest BCUT2D eigenvalue weighted by atomic mass is 16.5. The molecule has 232 valence electrons. The SMILES string of the molecule is CC1(C)CC(c2ccc(N(c3ccc(-c4ccccc4)cc3)c3ccc(-c4cccc5c4oc4ccccc45)cc3)cc2)OC1(C)C. The summed E-state index contributed by atoms with van der Waals surface area (Å²) < 4.78 is 12.9. The molecule has 0 aliphatic carbocycles. The number of furan rings is 1. The average molecular weight is 614 g/mol. The summed E-state index contributed by atoms with van der Waals surface area (Å²) in [5.74, 6) is 0. The van der Waals surface area contributed by atoms with E-state index in [1.807, 2.05) is 12.1 Å². The predicted octanol–water partition coefficient (Wildman–Crippen LogP) is 12.7. The summed E-state index contributed by atoms with van der Waals surface area (Å²) in [7, 11) is 0. The number of anilines is 3. The Morgan fingerprint density at radius 2 is 1.09 bits per heavy atom. The van der Waals surface area contributed by atoms with Crippen molar-refractivity contribution in [2.24, 2.45) is 5.41 Å². The number of para-hydroxylation sites is 2. The molecule has 0 amide bonds. The van der Waals surface area contributed by atoms with Crippen LogP contribution in [0.1, 0.15) is 45.8 Å². The van der Waals surface area contributed by atoms with Gasteiger partial charge in [-0.25, -0.2) is 0 Å². The quantitative estimate of drug-likeness (QED) is 0.187. The van der Waals surface area contributed by atoms with Gasteiger partial charge in [0.1, 0.15) is 11.2 Å². The summed E-state index contributed by atoms with van der Waals surface area (Å²) in [6, 6.07) is 51.8. The Morgan fingerprint density at radius 1 is 0.532 bits per heavy atom. The first-order valence-electron chi connectivity index (χ1n) is 16.5. The maximum atomic E-state index is 6.56. The van der Waals surface area contributed by atoms with Crippen molar-refractivity contribution >= 4 is 39.0 Å². The van der Waals surface area contributed by atoms with Crippen molar-refractivity contribution < 1.29 is 9.15 Å². The molecule has 1 aliphatic heterocycles. The summed E-state index contributed by atoms with van der Waals surface area (Å²) in [6.07, 6.45) is 1.09. The van der Waals surface area contributed by atoms with E-state index < -0.39 is 0 Å². The van der Waals surface area contributed by atoms with Crippen LogP contribution in [0.3, 0.4) is 0 Å². The fourth-order valence-electron chi connectivity index (χ4n) is 6.94. The molecule has 1 aromatic heterocycles. The second-order valence-corrected chi connectivity index (χ2v) is 13.9. The van der Waals surface area contributed by atoms with E-state index in [1.54, 1.807) is 0 Å². The van der Waals surface area contributed by atoms with Crippen LogP contribution in [0.15, 0.2) is 150 Å². The van der Waals surface area contributed by atoms with Gasteiger partial charge in [-0.15, -0.1) is 0 Å². The van der Waals surface area contributed by atoms with Crippen molar-refractivity contribution in [2.75, 3.05) is 4.90 Å². The minimum Gasteiger partial charge on any atom is -0.455 e. The van der Waals surface area contributed by atoms with Crippen LogP contribution in [0.5, 0.6) is 0 Å². The van der Waals surface area contributed by atoms with Gasteiger partial charge in [-0.1, -0.05) is 117 Å². The highest BCUT2D eigenvalue weighted by Gasteiger charge is 2.48. The van der Waals surface area contributed by atoms with Crippen LogP contribution in [-0.2, 0) is 4.74 Å². The number of rotatable bonds is 6. The van der Waals surface area contributed by atoms with Gasteiger partial charge in [0.15, 0.2) is 0 Å². The third-order valence-corrected chi connectivity index (χ3v) is 10.4. The Balaban J connectivity index is 1.17. The first kappa shape index (κ1) is 29.3. The standard InChI is InChI=1S/C44H39NO2/c1-43(2)29-41(47-44(43,3)4)33-21-27-36(28-22-33)45(34-23-17-31(18-24-34)30-11-6-5-7-12-30)35-25-19-32(20-26-35)37-14-10-15-39-38-13-8-9-16-40(38)46-42(37)39/h5-28,41H,29H2,1-4H3. The zero-order valence-electron chi connectivity index (χ0n) is 27.4. The molecule has 8 rings (SSSR count). The van der Waals surface area contributed by atoms with Crippen LogP contribution < -0.4 is 4.90 Å². The molecule has 0 spiro atoms. The third kappa shape index (κ3) is 5.21. The molecule has 1 aliphatic rings. The normalized spacial score (nSPS) is 16.9. The van der Waals surface area contributed by atoms with Crippen molar-refractivity contribution in [1.29, 1.82) is 0 Å². The maximum Gasteiger partial charge on any atom is 0.143 e. The number of ether oxygens (including phenoxy) is 1. The van der Waals surface area contributed by atoms with Crippen molar-refractivity contribution in [3.05, 3.63) is 151 Å². The number of nitrogens with zero attached hydrogens (tertiary/aromatic N) is 1. The number of hydrogen-bond donors (Lipinski definition) is 0. The zero-order chi connectivity index (χ0) is 32.2. The fraction of sp³-hybridized carbons (Fsp3) is 0.182. The lowest BCUT2D eigenvalue weighted by Crippen LogP contribution is -2.34. The van der Waals surface area contributed by atoms with E-state index in [4.69, 9.17) is 9.15 Å². The van der Waals surface area contributed by atoms with E-state index in [9.17, 15) is 0 Å². The summed E-state index contributed by atoms with van der Waals surface area (Å²) in [5.41, 5.74) is 10.9. The lowest BCUT2D eigenvalue weighted by Gasteiger charge is -2.32. The highest BCUT2D eigenvalue weighted by Crippen LogP contribution is 2.51. The molecule has 1 fully saturated rings. The van der Waals surface area contributed by atoms with Crippen molar-refractivity contribution in [3.8, 4) is 22.3 Å². The van der Waals surface area contributed by atoms with Crippen LogP contribution >= 0.6 is 0 Å². The molecule has 3 heteroatoms. The molecule has 7 aromatic rings. The van der Waals surface area contributed by atoms with E-state index in [0.29, 0.717) is 0 Å². The van der Waals surface area contributed by atoms with Gasteiger partial charge in [-0.05, 0) is 90.4 Å². The second-order valence-electron chi connectivity index (χ2n) is 13.9. The summed E-state index contributed by atoms with van der Waals surface area (Å²) in [5, 5.41) is 2.28. The van der Waals surface area contributed by atoms with Crippen molar-refractivity contribution in [1.82, 2.24) is 0 Å². The number of fused-ring (bicyclic) bond motifs is 3. The van der Waals surface area contributed by atoms with Gasteiger partial charge >= 0.3 is 0 Å². The minimum absolute atomic E-state index is 0.0906. The van der Waals surface area contributed by atoms with Gasteiger partial charge in [0, 0.05) is 33.4 Å². The first-order valence-corrected chi connectivity index (χ1v) is 16.5. The minimum atomic E-state index is -0.169. The van der Waals surface area contributed by atoms with Gasteiger partial charge in [0.25, 0.3) is 0 Å². The molecule has 47 heavy (non-hydrogen) atoms. The molecular weight excluding hydrogens is 574 g/mol. The van der Waals surface area contributed by atoms with Crippen molar-refractivity contribution in [2.45, 2.75) is 45.8 Å². The molecule has 2 heterocycles. The van der Waals surface area contributed by atoms with Crippen LogP contribution in [0.2, 0.25) is 0 Å². The first-order chi connectivity index (χ1) is 22.8. The monoisotopic (exact) mass is 613 g/mol. The van der Waals surface area contributed by atoms with E-state index in [-0.39, 0.29) is 17.1 Å². The van der Waals surface area contributed by atoms with Gasteiger partial charge in [-0.2, -0.15) is 0 Å². The van der Waals surface area contributed by atoms with E-state index in [0.717, 1.165) is 56.5 Å². The van der Waals surface area contributed by atoms with E-state index in [1.165, 1.54) is 16.7 Å². The molecule has 0 saturated carbocycles. The summed E-state index contributed by atoms with van der Waals surface area (Å²) in [6.45, 7) is 9.03. The van der Waals surface area contributed by atoms with Gasteiger partial charge in [0.2, 0.25) is 0 Å². The Labute approximate surface area is 277 Å². The summed E-state index contributed by atoms with van der Waals surface area (Å²) >= 11 is 0. The Kier molecular flexibility index (Phi) is 7.04. The molecule has 0 bridgehead atoms. The Hall–Kier alpha value is -5.12. The lowest BCUT2D eigenvalue weighted by atomic mass is 9.76. The zero-order valence-corrected chi connectivity index (χ0v) is 27.4. The molecule has 6 aromatic carbocycles. The molecular formula is C44H39NO2. The number of benzene rings is 6. The topological polar surface area (TPSA) is 25.6 Å². The van der Waals surface area contributed by atoms with Crippen LogP contribution in [-0.4, -0.2) is 5.60 Å². The smallest absolute Gasteiger partial charge is 0.143 e. The summed E-state index contributed by atoms with van der Waals surface area (Å²) in [4.78, 5) is 2.33. The average Bonchev–Trinajstić information content (AvgIpc) is 3.58. The van der Waals surface area contributed by atoms with Crippen LogP contribution in [0.4, 0.5) is 17.1 Å². The van der Waals surface area contributed by atoms with Crippen molar-refractivity contribution in [3.63, 3.8) is 0 Å². The molecule has 1 saturated heterocycles. The molecule has 1 unspecified atom stereocenters. The van der Waals surface area contributed by atoms with Gasteiger partial charge < -0.3 is 14.1 Å². The van der Waals surface area contributed by atoms with Crippen LogP contribution in [0.25, 0.3) is 44.2 Å². The van der Waals surface area contributed by atoms with Crippen LogP contribution in [0, 0.1) is 5.41 Å². The largest absolute Gasteiger partial charge is 0.455 e. The lowest BCUT2D eigenvalue weighted by molar-refractivity contribution is -0.0523.